The summed E-state index contributed by atoms with van der Waals surface area (Å²) in [4.78, 5) is 30.4. The summed E-state index contributed by atoms with van der Waals surface area (Å²) >= 11 is 1.57. The minimum Gasteiger partial charge on any atom is -0.340 e. The molecule has 0 bridgehead atoms. The van der Waals surface area contributed by atoms with E-state index in [1.165, 1.54) is 12.1 Å². The van der Waals surface area contributed by atoms with E-state index < -0.39 is 0 Å². The summed E-state index contributed by atoms with van der Waals surface area (Å²) in [6.07, 6.45) is 3.01. The highest BCUT2D eigenvalue weighted by molar-refractivity contribution is 7.99. The molecule has 0 saturated carbocycles. The first-order valence-electron chi connectivity index (χ1n) is 10.6. The third-order valence-electron chi connectivity index (χ3n) is 5.40. The third kappa shape index (κ3) is 6.08. The lowest BCUT2D eigenvalue weighted by molar-refractivity contribution is -0.134. The van der Waals surface area contributed by atoms with Crippen LogP contribution in [-0.4, -0.2) is 53.0 Å². The van der Waals surface area contributed by atoms with Crippen molar-refractivity contribution in [2.45, 2.75) is 43.5 Å². The summed E-state index contributed by atoms with van der Waals surface area (Å²) < 4.78 is 13.0. The number of piperidine rings is 1. The zero-order valence-electron chi connectivity index (χ0n) is 17.4. The Morgan fingerprint density at radius 2 is 1.73 bits per heavy atom. The maximum atomic E-state index is 13.0. The molecule has 6 heteroatoms. The Balaban J connectivity index is 1.50. The smallest absolute Gasteiger partial charge is 0.253 e. The van der Waals surface area contributed by atoms with Crippen LogP contribution in [-0.2, 0) is 4.79 Å². The zero-order valence-corrected chi connectivity index (χ0v) is 18.2. The van der Waals surface area contributed by atoms with Gasteiger partial charge in [-0.3, -0.25) is 9.59 Å². The van der Waals surface area contributed by atoms with Crippen molar-refractivity contribution in [1.29, 1.82) is 0 Å². The molecule has 4 nitrogen and oxygen atoms in total. The quantitative estimate of drug-likeness (QED) is 0.564. The van der Waals surface area contributed by atoms with Crippen molar-refractivity contribution in [1.82, 2.24) is 9.80 Å². The average molecular weight is 429 g/mol. The van der Waals surface area contributed by atoms with Gasteiger partial charge in [0, 0.05) is 48.3 Å². The first-order valence-corrected chi connectivity index (χ1v) is 11.6. The number of rotatable bonds is 8. The van der Waals surface area contributed by atoms with Gasteiger partial charge in [0.2, 0.25) is 5.91 Å². The molecule has 2 amide bonds. The fraction of sp³-hybridized carbons (Fsp3) is 0.417. The summed E-state index contributed by atoms with van der Waals surface area (Å²) in [6.45, 7) is 4.19. The van der Waals surface area contributed by atoms with Crippen LogP contribution in [0, 0.1) is 5.82 Å². The molecule has 30 heavy (non-hydrogen) atoms. The molecule has 2 aromatic carbocycles. The summed E-state index contributed by atoms with van der Waals surface area (Å²) in [5.74, 6) is 0.662. The molecule has 1 fully saturated rings. The Morgan fingerprint density at radius 1 is 1.07 bits per heavy atom. The third-order valence-corrected chi connectivity index (χ3v) is 6.41. The van der Waals surface area contributed by atoms with Crippen molar-refractivity contribution in [2.24, 2.45) is 0 Å². The monoisotopic (exact) mass is 428 g/mol. The van der Waals surface area contributed by atoms with Crippen molar-refractivity contribution in [3.05, 3.63) is 66.0 Å². The van der Waals surface area contributed by atoms with Gasteiger partial charge in [-0.15, -0.1) is 11.8 Å². The van der Waals surface area contributed by atoms with Crippen LogP contribution in [0.25, 0.3) is 0 Å². The minimum atomic E-state index is -0.248. The molecule has 1 aliphatic rings. The highest BCUT2D eigenvalue weighted by atomic mass is 32.2. The number of carbonyl (C=O) groups excluding carboxylic acids is 2. The number of nitrogens with zero attached hydrogens (tertiary/aromatic N) is 2. The Labute approximate surface area is 182 Å². The molecule has 0 unspecified atom stereocenters. The van der Waals surface area contributed by atoms with Crippen LogP contribution in [0.4, 0.5) is 4.39 Å². The first-order chi connectivity index (χ1) is 14.6. The van der Waals surface area contributed by atoms with Gasteiger partial charge in [-0.05, 0) is 55.7 Å². The van der Waals surface area contributed by atoms with Gasteiger partial charge in [-0.25, -0.2) is 4.39 Å². The fourth-order valence-corrected chi connectivity index (χ4v) is 4.67. The predicted octanol–water partition coefficient (Wildman–Crippen LogP) is 4.85. The van der Waals surface area contributed by atoms with Crippen molar-refractivity contribution < 1.29 is 14.0 Å². The normalized spacial score (nSPS) is 14.5. The first kappa shape index (κ1) is 22.3. The number of halogens is 1. The molecule has 1 heterocycles. The van der Waals surface area contributed by atoms with E-state index in [1.54, 1.807) is 23.9 Å². The van der Waals surface area contributed by atoms with Crippen molar-refractivity contribution >= 4 is 23.6 Å². The van der Waals surface area contributed by atoms with E-state index in [4.69, 9.17) is 0 Å². The van der Waals surface area contributed by atoms with Crippen LogP contribution in [0.2, 0.25) is 0 Å². The van der Waals surface area contributed by atoms with Gasteiger partial charge in [0.25, 0.3) is 5.91 Å². The van der Waals surface area contributed by atoms with E-state index >= 15 is 0 Å². The van der Waals surface area contributed by atoms with Gasteiger partial charge in [0.05, 0.1) is 0 Å². The van der Waals surface area contributed by atoms with E-state index in [-0.39, 0.29) is 23.7 Å². The molecule has 3 rings (SSSR count). The van der Waals surface area contributed by atoms with Gasteiger partial charge in [-0.2, -0.15) is 0 Å². The second-order valence-electron chi connectivity index (χ2n) is 7.53. The van der Waals surface area contributed by atoms with Crippen LogP contribution in [0.3, 0.4) is 0 Å². The standard InChI is InChI=1S/C24H29FN2O2S/c1-2-15-27(23(28)14-18-30-22-10-8-20(25)9-11-22)21-12-16-26(17-13-21)24(29)19-6-4-3-5-7-19/h3-11,21H,2,12-18H2,1H3. The molecule has 0 aromatic heterocycles. The molecular weight excluding hydrogens is 399 g/mol. The largest absolute Gasteiger partial charge is 0.340 e. The number of hydrogen-bond acceptors (Lipinski definition) is 3. The minimum absolute atomic E-state index is 0.0677. The summed E-state index contributed by atoms with van der Waals surface area (Å²) in [6, 6.07) is 15.9. The SMILES string of the molecule is CCCN(C(=O)CCSc1ccc(F)cc1)C1CCN(C(=O)c2ccccc2)CC1. The Kier molecular flexibility index (Phi) is 8.31. The lowest BCUT2D eigenvalue weighted by Gasteiger charge is -2.38. The highest BCUT2D eigenvalue weighted by Gasteiger charge is 2.29. The van der Waals surface area contributed by atoms with Crippen molar-refractivity contribution in [3.63, 3.8) is 0 Å². The maximum Gasteiger partial charge on any atom is 0.253 e. The van der Waals surface area contributed by atoms with Gasteiger partial charge in [0.15, 0.2) is 0 Å². The van der Waals surface area contributed by atoms with Crippen LogP contribution < -0.4 is 0 Å². The molecule has 0 atom stereocenters. The molecule has 2 aromatic rings. The molecule has 1 aliphatic heterocycles. The Bertz CT molecular complexity index is 821. The summed E-state index contributed by atoms with van der Waals surface area (Å²) in [7, 11) is 0. The number of carbonyl (C=O) groups is 2. The lowest BCUT2D eigenvalue weighted by atomic mass is 10.0. The van der Waals surface area contributed by atoms with Gasteiger partial charge < -0.3 is 9.80 Å². The lowest BCUT2D eigenvalue weighted by Crippen LogP contribution is -2.49. The van der Waals surface area contributed by atoms with Gasteiger partial charge in [0.1, 0.15) is 5.82 Å². The van der Waals surface area contributed by atoms with Crippen LogP contribution in [0.5, 0.6) is 0 Å². The topological polar surface area (TPSA) is 40.6 Å². The fourth-order valence-electron chi connectivity index (χ4n) is 3.83. The van der Waals surface area contributed by atoms with E-state index in [2.05, 4.69) is 6.92 Å². The van der Waals surface area contributed by atoms with E-state index in [0.717, 1.165) is 36.3 Å². The predicted molar refractivity (Wildman–Crippen MR) is 119 cm³/mol. The average Bonchev–Trinajstić information content (AvgIpc) is 2.79. The highest BCUT2D eigenvalue weighted by Crippen LogP contribution is 2.22. The van der Waals surface area contributed by atoms with Gasteiger partial charge >= 0.3 is 0 Å². The molecule has 1 saturated heterocycles. The number of hydrogen-bond donors (Lipinski definition) is 0. The van der Waals surface area contributed by atoms with Crippen LogP contribution in [0.15, 0.2) is 59.5 Å². The Hall–Kier alpha value is -2.34. The molecule has 0 aliphatic carbocycles. The van der Waals surface area contributed by atoms with Crippen molar-refractivity contribution in [3.8, 4) is 0 Å². The number of amides is 2. The van der Waals surface area contributed by atoms with Gasteiger partial charge in [-0.1, -0.05) is 25.1 Å². The number of benzene rings is 2. The molecule has 0 N–H and O–H groups in total. The maximum absolute atomic E-state index is 13.0. The summed E-state index contributed by atoms with van der Waals surface area (Å²) in [5.41, 5.74) is 0.718. The van der Waals surface area contributed by atoms with E-state index in [9.17, 15) is 14.0 Å². The molecular formula is C24H29FN2O2S. The van der Waals surface area contributed by atoms with E-state index in [0.29, 0.717) is 25.3 Å². The Morgan fingerprint density at radius 3 is 2.37 bits per heavy atom. The van der Waals surface area contributed by atoms with Crippen molar-refractivity contribution in [2.75, 3.05) is 25.4 Å². The van der Waals surface area contributed by atoms with Crippen LogP contribution in [0.1, 0.15) is 43.0 Å². The number of likely N-dealkylation sites (tertiary alicyclic amines) is 1. The second-order valence-corrected chi connectivity index (χ2v) is 8.70. The second kappa shape index (κ2) is 11.2. The molecule has 0 spiro atoms. The molecule has 160 valence electrons. The zero-order chi connectivity index (χ0) is 21.3. The molecule has 0 radical (unpaired) electrons. The van der Waals surface area contributed by atoms with E-state index in [1.807, 2.05) is 40.1 Å². The summed E-state index contributed by atoms with van der Waals surface area (Å²) in [5, 5.41) is 0. The number of thioether (sulfide) groups is 1. The van der Waals surface area contributed by atoms with Crippen LogP contribution >= 0.6 is 11.8 Å².